The van der Waals surface area contributed by atoms with Crippen molar-refractivity contribution in [3.05, 3.63) is 47.6 Å². The van der Waals surface area contributed by atoms with Gasteiger partial charge in [-0.1, -0.05) is 38.1 Å². The van der Waals surface area contributed by atoms with E-state index in [1.165, 1.54) is 0 Å². The number of tetrazole rings is 1. The van der Waals surface area contributed by atoms with Gasteiger partial charge in [0.2, 0.25) is 0 Å². The molecule has 1 amide bonds. The van der Waals surface area contributed by atoms with E-state index in [1.54, 1.807) is 16.8 Å². The Bertz CT molecular complexity index is 852. The predicted molar refractivity (Wildman–Crippen MR) is 87.1 cm³/mol. The molecule has 124 valence electrons. The molecule has 0 aliphatic heterocycles. The van der Waals surface area contributed by atoms with Gasteiger partial charge >= 0.3 is 0 Å². The maximum absolute atomic E-state index is 12.4. The number of benzene rings is 1. The molecule has 0 unspecified atom stereocenters. The lowest BCUT2D eigenvalue weighted by Crippen LogP contribution is -2.15. The monoisotopic (exact) mass is 326 g/mol. The zero-order valence-corrected chi connectivity index (χ0v) is 13.7. The van der Waals surface area contributed by atoms with Crippen LogP contribution in [0, 0.1) is 0 Å². The summed E-state index contributed by atoms with van der Waals surface area (Å²) in [6, 6.07) is 8.97. The average Bonchev–Trinajstić information content (AvgIpc) is 3.24. The van der Waals surface area contributed by atoms with E-state index < -0.39 is 0 Å². The summed E-state index contributed by atoms with van der Waals surface area (Å²) in [5.41, 5.74) is 1.53. The molecule has 1 N–H and O–H groups in total. The molecule has 1 aromatic carbocycles. The highest BCUT2D eigenvalue weighted by Gasteiger charge is 2.17. The second-order valence-electron chi connectivity index (χ2n) is 5.60. The molecule has 3 rings (SSSR count). The summed E-state index contributed by atoms with van der Waals surface area (Å²) >= 11 is 0. The average molecular weight is 326 g/mol. The summed E-state index contributed by atoms with van der Waals surface area (Å²) in [6.45, 7) is 5.91. The zero-order valence-electron chi connectivity index (χ0n) is 13.7. The number of nitrogens with zero attached hydrogens (tertiary/aromatic N) is 5. The maximum Gasteiger partial charge on any atom is 0.277 e. The quantitative estimate of drug-likeness (QED) is 0.773. The second kappa shape index (κ2) is 6.61. The third-order valence-electron chi connectivity index (χ3n) is 3.56. The van der Waals surface area contributed by atoms with Gasteiger partial charge in [0.25, 0.3) is 5.91 Å². The first-order valence-electron chi connectivity index (χ1n) is 7.74. The Labute approximate surface area is 138 Å². The van der Waals surface area contributed by atoms with Gasteiger partial charge in [0.15, 0.2) is 11.5 Å². The summed E-state index contributed by atoms with van der Waals surface area (Å²) in [6.07, 6.45) is 0.677. The van der Waals surface area contributed by atoms with Gasteiger partial charge in [0.1, 0.15) is 5.76 Å². The highest BCUT2D eigenvalue weighted by Crippen LogP contribution is 2.21. The summed E-state index contributed by atoms with van der Waals surface area (Å²) in [7, 11) is 0. The minimum Gasteiger partial charge on any atom is -0.360 e. The van der Waals surface area contributed by atoms with E-state index >= 15 is 0 Å². The highest BCUT2D eigenvalue weighted by molar-refractivity contribution is 6.03. The van der Waals surface area contributed by atoms with E-state index in [0.29, 0.717) is 29.4 Å². The number of hydrogen-bond acceptors (Lipinski definition) is 6. The molecule has 0 atom stereocenters. The molecular weight excluding hydrogens is 308 g/mol. The largest absolute Gasteiger partial charge is 0.360 e. The van der Waals surface area contributed by atoms with Gasteiger partial charge in [0.05, 0.1) is 11.4 Å². The van der Waals surface area contributed by atoms with Gasteiger partial charge in [-0.15, -0.1) is 5.10 Å². The van der Waals surface area contributed by atoms with Crippen molar-refractivity contribution >= 4 is 11.6 Å². The maximum atomic E-state index is 12.4. The fourth-order valence-electron chi connectivity index (χ4n) is 2.23. The van der Waals surface area contributed by atoms with Crippen LogP contribution in [0.2, 0.25) is 0 Å². The Kier molecular flexibility index (Phi) is 4.37. The number of para-hydroxylation sites is 2. The van der Waals surface area contributed by atoms with Crippen molar-refractivity contribution in [1.29, 1.82) is 0 Å². The number of amides is 1. The third kappa shape index (κ3) is 3.03. The summed E-state index contributed by atoms with van der Waals surface area (Å²) in [5, 5.41) is 18.3. The van der Waals surface area contributed by atoms with Crippen molar-refractivity contribution in [3.63, 3.8) is 0 Å². The number of rotatable bonds is 5. The van der Waals surface area contributed by atoms with Crippen molar-refractivity contribution in [2.24, 2.45) is 0 Å². The van der Waals surface area contributed by atoms with Crippen LogP contribution in [0.3, 0.4) is 0 Å². The van der Waals surface area contributed by atoms with Crippen LogP contribution >= 0.6 is 0 Å². The first kappa shape index (κ1) is 15.9. The van der Waals surface area contributed by atoms with Crippen molar-refractivity contribution in [1.82, 2.24) is 25.4 Å². The number of carbonyl (C=O) groups excluding carboxylic acids is 1. The van der Waals surface area contributed by atoms with Gasteiger partial charge < -0.3 is 9.84 Å². The van der Waals surface area contributed by atoms with E-state index in [4.69, 9.17) is 4.52 Å². The lowest BCUT2D eigenvalue weighted by molar-refractivity contribution is 0.101. The highest BCUT2D eigenvalue weighted by atomic mass is 16.5. The SMILES string of the molecule is CCc1nnnn1-c1ccccc1NC(=O)c1cc(C(C)C)on1. The molecule has 0 spiro atoms. The molecule has 3 aromatic rings. The van der Waals surface area contributed by atoms with Crippen LogP contribution in [0.1, 0.15) is 48.8 Å². The van der Waals surface area contributed by atoms with E-state index in [2.05, 4.69) is 26.0 Å². The number of hydrogen-bond donors (Lipinski definition) is 1. The van der Waals surface area contributed by atoms with E-state index in [-0.39, 0.29) is 17.5 Å². The smallest absolute Gasteiger partial charge is 0.277 e. The molecule has 0 aliphatic rings. The minimum atomic E-state index is -0.343. The number of nitrogens with one attached hydrogen (secondary N) is 1. The van der Waals surface area contributed by atoms with Crippen molar-refractivity contribution in [2.75, 3.05) is 5.32 Å². The molecule has 2 aromatic heterocycles. The van der Waals surface area contributed by atoms with Crippen LogP contribution in [0.4, 0.5) is 5.69 Å². The number of anilines is 1. The summed E-state index contributed by atoms with van der Waals surface area (Å²) in [4.78, 5) is 12.4. The Morgan fingerprint density at radius 1 is 1.33 bits per heavy atom. The van der Waals surface area contributed by atoms with Gasteiger partial charge in [-0.2, -0.15) is 4.68 Å². The van der Waals surface area contributed by atoms with Crippen LogP contribution in [-0.2, 0) is 6.42 Å². The van der Waals surface area contributed by atoms with Crippen molar-refractivity contribution in [2.45, 2.75) is 33.1 Å². The fraction of sp³-hybridized carbons (Fsp3) is 0.312. The topological polar surface area (TPSA) is 98.7 Å². The van der Waals surface area contributed by atoms with Gasteiger partial charge in [-0.3, -0.25) is 4.79 Å². The lowest BCUT2D eigenvalue weighted by atomic mass is 10.1. The molecule has 0 saturated carbocycles. The van der Waals surface area contributed by atoms with Crippen LogP contribution in [-0.4, -0.2) is 31.3 Å². The molecule has 8 heteroatoms. The second-order valence-corrected chi connectivity index (χ2v) is 5.60. The number of aromatic nitrogens is 5. The Balaban J connectivity index is 1.89. The lowest BCUT2D eigenvalue weighted by Gasteiger charge is -2.10. The van der Waals surface area contributed by atoms with E-state index in [9.17, 15) is 4.79 Å². The predicted octanol–water partition coefficient (Wildman–Crippen LogP) is 2.59. The molecule has 0 saturated heterocycles. The van der Waals surface area contributed by atoms with Crippen LogP contribution in [0.25, 0.3) is 5.69 Å². The normalized spacial score (nSPS) is 11.0. The molecule has 0 bridgehead atoms. The standard InChI is InChI=1S/C16H18N6O2/c1-4-15-18-20-21-22(15)13-8-6-5-7-11(13)17-16(23)12-9-14(10(2)3)24-19-12/h5-10H,4H2,1-3H3,(H,17,23). The van der Waals surface area contributed by atoms with Crippen LogP contribution in [0.15, 0.2) is 34.9 Å². The number of aryl methyl sites for hydroxylation is 1. The summed E-state index contributed by atoms with van der Waals surface area (Å²) in [5.74, 6) is 1.20. The summed E-state index contributed by atoms with van der Waals surface area (Å²) < 4.78 is 6.78. The number of carbonyl (C=O) groups is 1. The van der Waals surface area contributed by atoms with Crippen molar-refractivity contribution in [3.8, 4) is 5.69 Å². The van der Waals surface area contributed by atoms with Gasteiger partial charge in [0, 0.05) is 18.4 Å². The first-order valence-corrected chi connectivity index (χ1v) is 7.74. The van der Waals surface area contributed by atoms with Crippen molar-refractivity contribution < 1.29 is 9.32 Å². The molecule has 0 aliphatic carbocycles. The Morgan fingerprint density at radius 3 is 2.83 bits per heavy atom. The molecular formula is C16H18N6O2. The Hall–Kier alpha value is -3.03. The molecule has 0 fully saturated rings. The molecule has 2 heterocycles. The third-order valence-corrected chi connectivity index (χ3v) is 3.56. The van der Waals surface area contributed by atoms with E-state index in [0.717, 1.165) is 0 Å². The zero-order chi connectivity index (χ0) is 17.1. The first-order chi connectivity index (χ1) is 11.6. The minimum absolute atomic E-state index is 0.166. The van der Waals surface area contributed by atoms with Crippen LogP contribution < -0.4 is 5.32 Å². The molecule has 0 radical (unpaired) electrons. The Morgan fingerprint density at radius 2 is 2.12 bits per heavy atom. The van der Waals surface area contributed by atoms with Gasteiger partial charge in [-0.05, 0) is 22.6 Å². The van der Waals surface area contributed by atoms with E-state index in [1.807, 2.05) is 39.0 Å². The molecule has 24 heavy (non-hydrogen) atoms. The molecule has 8 nitrogen and oxygen atoms in total. The fourth-order valence-corrected chi connectivity index (χ4v) is 2.23. The van der Waals surface area contributed by atoms with Gasteiger partial charge in [-0.25, -0.2) is 0 Å². The van der Waals surface area contributed by atoms with Crippen LogP contribution in [0.5, 0.6) is 0 Å².